The fraction of sp³-hybridized carbons (Fsp3) is 0.214. The smallest absolute Gasteiger partial charge is 0.319 e. The van der Waals surface area contributed by atoms with Gasteiger partial charge in [0.05, 0.1) is 17.3 Å². The second-order valence-electron chi connectivity index (χ2n) is 4.30. The maximum absolute atomic E-state index is 12.5. The van der Waals surface area contributed by atoms with Crippen LogP contribution in [0, 0.1) is 6.92 Å². The van der Waals surface area contributed by atoms with E-state index in [-0.39, 0.29) is 0 Å². The topological polar surface area (TPSA) is 38.9 Å². The molecule has 2 aromatic rings. The van der Waals surface area contributed by atoms with Crippen LogP contribution in [0.4, 0.5) is 13.2 Å². The first-order valence-corrected chi connectivity index (χ1v) is 5.74. The molecule has 2 rings (SSSR count). The molecule has 0 radical (unpaired) electrons. The van der Waals surface area contributed by atoms with Crippen LogP contribution in [0.2, 0.25) is 0 Å². The van der Waals surface area contributed by atoms with Crippen molar-refractivity contribution in [3.05, 3.63) is 65.0 Å². The number of aryl methyl sites for hydroxylation is 1. The average molecular weight is 266 g/mol. The Labute approximate surface area is 109 Å². The van der Waals surface area contributed by atoms with Crippen LogP contribution in [0.3, 0.4) is 0 Å². The summed E-state index contributed by atoms with van der Waals surface area (Å²) in [7, 11) is 0. The van der Waals surface area contributed by atoms with Crippen LogP contribution in [-0.4, -0.2) is 4.98 Å². The second kappa shape index (κ2) is 5.01. The van der Waals surface area contributed by atoms with Gasteiger partial charge in [-0.15, -0.1) is 0 Å². The van der Waals surface area contributed by atoms with E-state index in [0.717, 1.165) is 17.8 Å². The Kier molecular flexibility index (Phi) is 3.57. The van der Waals surface area contributed by atoms with Crippen molar-refractivity contribution in [3.8, 4) is 0 Å². The van der Waals surface area contributed by atoms with Crippen LogP contribution in [0.5, 0.6) is 0 Å². The summed E-state index contributed by atoms with van der Waals surface area (Å²) in [4.78, 5) is 4.27. The Morgan fingerprint density at radius 3 is 2.21 bits per heavy atom. The summed E-state index contributed by atoms with van der Waals surface area (Å²) in [6.45, 7) is 1.84. The minimum absolute atomic E-state index is 0.526. The van der Waals surface area contributed by atoms with Gasteiger partial charge in [0.25, 0.3) is 0 Å². The zero-order valence-electron chi connectivity index (χ0n) is 10.3. The van der Waals surface area contributed by atoms with Crippen LogP contribution in [0.15, 0.2) is 42.5 Å². The van der Waals surface area contributed by atoms with Gasteiger partial charge < -0.3 is 5.73 Å². The molecule has 1 unspecified atom stereocenters. The molecule has 0 saturated heterocycles. The third-order valence-electron chi connectivity index (χ3n) is 2.83. The number of pyridine rings is 1. The van der Waals surface area contributed by atoms with Gasteiger partial charge in [0, 0.05) is 5.69 Å². The molecule has 1 heterocycles. The van der Waals surface area contributed by atoms with E-state index in [1.807, 2.05) is 19.1 Å². The predicted molar refractivity (Wildman–Crippen MR) is 66.4 cm³/mol. The maximum Gasteiger partial charge on any atom is 0.416 e. The first-order chi connectivity index (χ1) is 8.88. The van der Waals surface area contributed by atoms with E-state index >= 15 is 0 Å². The number of halogens is 3. The largest absolute Gasteiger partial charge is 0.416 e. The fourth-order valence-electron chi connectivity index (χ4n) is 1.79. The molecule has 2 N–H and O–H groups in total. The molecule has 1 atom stereocenters. The Hall–Kier alpha value is -1.88. The summed E-state index contributed by atoms with van der Waals surface area (Å²) in [5.41, 5.74) is 7.38. The lowest BCUT2D eigenvalue weighted by Gasteiger charge is -2.13. The summed E-state index contributed by atoms with van der Waals surface area (Å²) in [6.07, 6.45) is -4.33. The van der Waals surface area contributed by atoms with Crippen molar-refractivity contribution in [2.45, 2.75) is 19.1 Å². The van der Waals surface area contributed by atoms with E-state index in [4.69, 9.17) is 5.73 Å². The van der Waals surface area contributed by atoms with Crippen molar-refractivity contribution in [3.63, 3.8) is 0 Å². The predicted octanol–water partition coefficient (Wildman–Crippen LogP) is 3.46. The Bertz CT molecular complexity index is 562. The lowest BCUT2D eigenvalue weighted by Crippen LogP contribution is -2.14. The van der Waals surface area contributed by atoms with Gasteiger partial charge >= 0.3 is 6.18 Å². The molecule has 5 heteroatoms. The highest BCUT2D eigenvalue weighted by Gasteiger charge is 2.30. The van der Waals surface area contributed by atoms with E-state index in [1.54, 1.807) is 6.07 Å². The van der Waals surface area contributed by atoms with E-state index in [0.29, 0.717) is 11.3 Å². The molecule has 1 aromatic carbocycles. The third kappa shape index (κ3) is 3.12. The van der Waals surface area contributed by atoms with Crippen LogP contribution < -0.4 is 5.73 Å². The van der Waals surface area contributed by atoms with Crippen LogP contribution in [0.1, 0.15) is 28.6 Å². The van der Waals surface area contributed by atoms with Crippen molar-refractivity contribution >= 4 is 0 Å². The monoisotopic (exact) mass is 266 g/mol. The highest BCUT2D eigenvalue weighted by Crippen LogP contribution is 2.30. The van der Waals surface area contributed by atoms with E-state index in [9.17, 15) is 13.2 Å². The van der Waals surface area contributed by atoms with Gasteiger partial charge in [0.15, 0.2) is 0 Å². The second-order valence-corrected chi connectivity index (χ2v) is 4.30. The highest BCUT2D eigenvalue weighted by molar-refractivity contribution is 5.31. The molecular formula is C14H13F3N2. The number of rotatable bonds is 2. The van der Waals surface area contributed by atoms with Crippen molar-refractivity contribution in [1.29, 1.82) is 0 Å². The zero-order valence-corrected chi connectivity index (χ0v) is 10.3. The quantitative estimate of drug-likeness (QED) is 0.904. The Morgan fingerprint density at radius 1 is 1.05 bits per heavy atom. The van der Waals surface area contributed by atoms with Crippen molar-refractivity contribution in [1.82, 2.24) is 4.98 Å². The molecule has 0 aliphatic rings. The lowest BCUT2D eigenvalue weighted by molar-refractivity contribution is -0.137. The molecule has 2 nitrogen and oxygen atoms in total. The zero-order chi connectivity index (χ0) is 14.0. The number of aromatic nitrogens is 1. The molecule has 0 aliphatic carbocycles. The van der Waals surface area contributed by atoms with Gasteiger partial charge in [-0.05, 0) is 36.8 Å². The van der Waals surface area contributed by atoms with Gasteiger partial charge in [-0.2, -0.15) is 13.2 Å². The van der Waals surface area contributed by atoms with Gasteiger partial charge in [-0.3, -0.25) is 4.98 Å². The summed E-state index contributed by atoms with van der Waals surface area (Å²) < 4.78 is 37.4. The van der Waals surface area contributed by atoms with Crippen LogP contribution in [-0.2, 0) is 6.18 Å². The van der Waals surface area contributed by atoms with Gasteiger partial charge in [-0.25, -0.2) is 0 Å². The first kappa shape index (κ1) is 13.5. The van der Waals surface area contributed by atoms with Gasteiger partial charge in [-0.1, -0.05) is 18.2 Å². The van der Waals surface area contributed by atoms with Gasteiger partial charge in [0.1, 0.15) is 0 Å². The third-order valence-corrected chi connectivity index (χ3v) is 2.83. The number of alkyl halides is 3. The fourth-order valence-corrected chi connectivity index (χ4v) is 1.79. The van der Waals surface area contributed by atoms with E-state index < -0.39 is 17.8 Å². The molecule has 0 saturated carbocycles. The van der Waals surface area contributed by atoms with Crippen molar-refractivity contribution in [2.24, 2.45) is 5.73 Å². The molecule has 0 amide bonds. The summed E-state index contributed by atoms with van der Waals surface area (Å²) in [5.74, 6) is 0. The number of benzene rings is 1. The van der Waals surface area contributed by atoms with Crippen molar-refractivity contribution < 1.29 is 13.2 Å². The number of nitrogens with two attached hydrogens (primary N) is 1. The van der Waals surface area contributed by atoms with Crippen LogP contribution >= 0.6 is 0 Å². The minimum atomic E-state index is -4.33. The molecule has 0 aliphatic heterocycles. The van der Waals surface area contributed by atoms with Crippen LogP contribution in [0.25, 0.3) is 0 Å². The van der Waals surface area contributed by atoms with Crippen molar-refractivity contribution in [2.75, 3.05) is 0 Å². The van der Waals surface area contributed by atoms with E-state index in [1.165, 1.54) is 12.1 Å². The maximum atomic E-state index is 12.5. The SMILES string of the molecule is Cc1cccc(C(N)c2ccc(C(F)(F)F)cc2)n1. The summed E-state index contributed by atoms with van der Waals surface area (Å²) in [6, 6.07) is 9.73. The molecular weight excluding hydrogens is 253 g/mol. The number of hydrogen-bond acceptors (Lipinski definition) is 2. The number of hydrogen-bond donors (Lipinski definition) is 1. The first-order valence-electron chi connectivity index (χ1n) is 5.74. The lowest BCUT2D eigenvalue weighted by atomic mass is 10.0. The van der Waals surface area contributed by atoms with Gasteiger partial charge in [0.2, 0.25) is 0 Å². The highest BCUT2D eigenvalue weighted by atomic mass is 19.4. The average Bonchev–Trinajstić information content (AvgIpc) is 2.37. The normalized spacial score (nSPS) is 13.3. The Morgan fingerprint density at radius 2 is 1.68 bits per heavy atom. The molecule has 1 aromatic heterocycles. The molecule has 0 bridgehead atoms. The van der Waals surface area contributed by atoms with E-state index in [2.05, 4.69) is 4.98 Å². The molecule has 19 heavy (non-hydrogen) atoms. The summed E-state index contributed by atoms with van der Waals surface area (Å²) in [5, 5.41) is 0. The molecule has 0 fully saturated rings. The summed E-state index contributed by atoms with van der Waals surface area (Å²) >= 11 is 0. The standard InChI is InChI=1S/C14H13F3N2/c1-9-3-2-4-12(19-9)13(18)10-5-7-11(8-6-10)14(15,16)17/h2-8,13H,18H2,1H3. The Balaban J connectivity index is 2.27. The minimum Gasteiger partial charge on any atom is -0.319 e. The molecule has 100 valence electrons. The number of nitrogens with zero attached hydrogens (tertiary/aromatic N) is 1. The molecule has 0 spiro atoms.